The summed E-state index contributed by atoms with van der Waals surface area (Å²) < 4.78 is 66.0. The summed E-state index contributed by atoms with van der Waals surface area (Å²) in [6.07, 6.45) is -4.56. The number of rotatable bonds is 2. The van der Waals surface area contributed by atoms with Crippen molar-refractivity contribution < 1.29 is 21.6 Å². The molecule has 0 amide bonds. The maximum Gasteiger partial charge on any atom is 0.416 e. The third-order valence-electron chi connectivity index (χ3n) is 3.76. The summed E-state index contributed by atoms with van der Waals surface area (Å²) in [5, 5.41) is 0.394. The van der Waals surface area contributed by atoms with Gasteiger partial charge in [-0.25, -0.2) is 12.4 Å². The second kappa shape index (κ2) is 5.37. The van der Waals surface area contributed by atoms with Crippen LogP contribution in [0, 0.1) is 13.8 Å². The maximum absolute atomic E-state index is 13.2. The van der Waals surface area contributed by atoms with Crippen molar-refractivity contribution in [1.82, 2.24) is 3.97 Å². The zero-order valence-corrected chi connectivity index (χ0v) is 13.4. The van der Waals surface area contributed by atoms with Crippen LogP contribution in [0.15, 0.2) is 53.4 Å². The van der Waals surface area contributed by atoms with Crippen molar-refractivity contribution >= 4 is 20.9 Å². The van der Waals surface area contributed by atoms with Gasteiger partial charge in [0.15, 0.2) is 0 Å². The lowest BCUT2D eigenvalue weighted by Gasteiger charge is -2.13. The summed E-state index contributed by atoms with van der Waals surface area (Å²) in [5.41, 5.74) is -0.767. The zero-order valence-electron chi connectivity index (χ0n) is 12.6. The fraction of sp³-hybridized carbons (Fsp3) is 0.118. The molecule has 1 heterocycles. The molecule has 0 spiro atoms. The van der Waals surface area contributed by atoms with Gasteiger partial charge >= 0.3 is 6.18 Å². The number of nitrogens with zero attached hydrogens (tertiary/aromatic N) is 1. The second-order valence-electron chi connectivity index (χ2n) is 5.44. The monoisotopic (exact) mass is 352 g/mol. The van der Waals surface area contributed by atoms with Gasteiger partial charge in [0, 0.05) is 11.1 Å². The largest absolute Gasteiger partial charge is 0.416 e. The van der Waals surface area contributed by atoms with Gasteiger partial charge in [-0.1, -0.05) is 18.2 Å². The van der Waals surface area contributed by atoms with E-state index >= 15 is 0 Å². The molecule has 0 atom stereocenters. The summed E-state index contributed by atoms with van der Waals surface area (Å²) in [5.74, 6) is 0. The fourth-order valence-electron chi connectivity index (χ4n) is 2.69. The minimum atomic E-state index is -4.56. The van der Waals surface area contributed by atoms with Gasteiger partial charge in [-0.3, -0.25) is 0 Å². The van der Waals surface area contributed by atoms with Gasteiger partial charge in [-0.2, -0.15) is 13.2 Å². The average molecular weight is 352 g/mol. The molecule has 0 saturated heterocycles. The van der Waals surface area contributed by atoms with Gasteiger partial charge in [0.05, 0.1) is 16.0 Å². The van der Waals surface area contributed by atoms with Gasteiger partial charge < -0.3 is 0 Å². The highest BCUT2D eigenvalue weighted by Gasteiger charge is 2.33. The second-order valence-corrected chi connectivity index (χ2v) is 7.23. The van der Waals surface area contributed by atoms with E-state index in [0.29, 0.717) is 5.39 Å². The molecular formula is C17H13F3NO2S. The molecule has 0 N–H and O–H groups in total. The van der Waals surface area contributed by atoms with Crippen LogP contribution in [0.2, 0.25) is 0 Å². The number of hydrogen-bond acceptors (Lipinski definition) is 2. The first-order valence-corrected chi connectivity index (χ1v) is 8.42. The maximum atomic E-state index is 13.2. The quantitative estimate of drug-likeness (QED) is 0.686. The van der Waals surface area contributed by atoms with Crippen LogP contribution in [-0.4, -0.2) is 12.4 Å². The van der Waals surface area contributed by atoms with Crippen molar-refractivity contribution in [2.75, 3.05) is 0 Å². The van der Waals surface area contributed by atoms with Gasteiger partial charge in [-0.15, -0.1) is 0 Å². The van der Waals surface area contributed by atoms with Crippen molar-refractivity contribution in [3.63, 3.8) is 0 Å². The van der Waals surface area contributed by atoms with Crippen molar-refractivity contribution in [3.8, 4) is 0 Å². The average Bonchev–Trinajstić information content (AvgIpc) is 2.81. The van der Waals surface area contributed by atoms with Crippen LogP contribution in [0.4, 0.5) is 13.2 Å². The topological polar surface area (TPSA) is 39.1 Å². The number of fused-ring (bicyclic) bond motifs is 1. The molecule has 0 unspecified atom stereocenters. The number of aromatic nitrogens is 1. The van der Waals surface area contributed by atoms with Gasteiger partial charge in [0.25, 0.3) is 10.0 Å². The Morgan fingerprint density at radius 3 is 2.25 bits per heavy atom. The zero-order chi connectivity index (χ0) is 17.7. The third-order valence-corrected chi connectivity index (χ3v) is 5.54. The van der Waals surface area contributed by atoms with E-state index in [1.165, 1.54) is 31.2 Å². The van der Waals surface area contributed by atoms with E-state index in [-0.39, 0.29) is 21.7 Å². The molecule has 0 bridgehead atoms. The molecule has 0 aliphatic rings. The predicted molar refractivity (Wildman–Crippen MR) is 85.2 cm³/mol. The molecule has 0 aliphatic heterocycles. The molecule has 3 rings (SSSR count). The normalized spacial score (nSPS) is 12.7. The molecule has 7 heteroatoms. The van der Waals surface area contributed by atoms with Gasteiger partial charge in [0.2, 0.25) is 0 Å². The van der Waals surface area contributed by atoms with Crippen molar-refractivity contribution in [2.24, 2.45) is 0 Å². The van der Waals surface area contributed by atoms with Crippen LogP contribution in [0.25, 0.3) is 10.9 Å². The summed E-state index contributed by atoms with van der Waals surface area (Å²) >= 11 is 0. The van der Waals surface area contributed by atoms with E-state index in [1.807, 2.05) is 0 Å². The Bertz CT molecular complexity index is 1020. The molecule has 1 radical (unpaired) electrons. The SMILES string of the molecule is [CH2]c1cc2cc(C)c(C(F)(F)F)cc2n1S(=O)(=O)c1ccccc1. The number of halogens is 3. The summed E-state index contributed by atoms with van der Waals surface area (Å²) in [6, 6.07) is 11.2. The Morgan fingerprint density at radius 2 is 1.67 bits per heavy atom. The third kappa shape index (κ3) is 2.58. The minimum Gasteiger partial charge on any atom is -0.238 e. The highest BCUT2D eigenvalue weighted by Crippen LogP contribution is 2.36. The van der Waals surface area contributed by atoms with Crippen LogP contribution >= 0.6 is 0 Å². The van der Waals surface area contributed by atoms with Crippen molar-refractivity contribution in [2.45, 2.75) is 18.0 Å². The lowest BCUT2D eigenvalue weighted by atomic mass is 10.1. The van der Waals surface area contributed by atoms with E-state index in [4.69, 9.17) is 0 Å². The standard InChI is InChI=1S/C17H13F3NO2S/c1-11-8-13-9-12(2)21(16(13)10-15(11)17(18,19)20)24(22,23)14-6-4-3-5-7-14/h3-10H,2H2,1H3. The Balaban J connectivity index is 2.35. The first-order valence-electron chi connectivity index (χ1n) is 6.98. The van der Waals surface area contributed by atoms with Crippen LogP contribution < -0.4 is 0 Å². The summed E-state index contributed by atoms with van der Waals surface area (Å²) in [6.45, 7) is 5.01. The summed E-state index contributed by atoms with van der Waals surface area (Å²) in [4.78, 5) is -0.0125. The van der Waals surface area contributed by atoms with Crippen LogP contribution in [0.3, 0.4) is 0 Å². The van der Waals surface area contributed by atoms with E-state index in [0.717, 1.165) is 10.0 Å². The number of aryl methyl sites for hydroxylation is 1. The summed E-state index contributed by atoms with van der Waals surface area (Å²) in [7, 11) is -4.04. The van der Waals surface area contributed by atoms with E-state index in [9.17, 15) is 21.6 Å². The van der Waals surface area contributed by atoms with E-state index in [2.05, 4.69) is 6.92 Å². The Labute approximate surface area is 137 Å². The Kier molecular flexibility index (Phi) is 3.71. The fourth-order valence-corrected chi connectivity index (χ4v) is 4.18. The van der Waals surface area contributed by atoms with Crippen molar-refractivity contribution in [3.05, 3.63) is 72.3 Å². The molecule has 125 valence electrons. The highest BCUT2D eigenvalue weighted by atomic mass is 32.2. The lowest BCUT2D eigenvalue weighted by Crippen LogP contribution is -2.15. The molecule has 3 nitrogen and oxygen atoms in total. The molecule has 1 aromatic heterocycles. The minimum absolute atomic E-state index is 0.0125. The molecule has 2 aromatic carbocycles. The smallest absolute Gasteiger partial charge is 0.238 e. The molecule has 0 aliphatic carbocycles. The molecular weight excluding hydrogens is 339 g/mol. The van der Waals surface area contributed by atoms with Gasteiger partial charge in [0.1, 0.15) is 0 Å². The highest BCUT2D eigenvalue weighted by molar-refractivity contribution is 7.90. The first-order chi connectivity index (χ1) is 11.1. The van der Waals surface area contributed by atoms with Gasteiger partial charge in [-0.05, 0) is 49.7 Å². The number of alkyl halides is 3. The number of hydrogen-bond donors (Lipinski definition) is 0. The van der Waals surface area contributed by atoms with E-state index < -0.39 is 21.8 Å². The van der Waals surface area contributed by atoms with Crippen molar-refractivity contribution in [1.29, 1.82) is 0 Å². The van der Waals surface area contributed by atoms with Crippen LogP contribution in [-0.2, 0) is 16.2 Å². The molecule has 3 aromatic rings. The van der Waals surface area contributed by atoms with Crippen LogP contribution in [0.5, 0.6) is 0 Å². The Hall–Kier alpha value is -2.28. The lowest BCUT2D eigenvalue weighted by molar-refractivity contribution is -0.137. The van der Waals surface area contributed by atoms with E-state index in [1.54, 1.807) is 18.2 Å². The molecule has 0 fully saturated rings. The van der Waals surface area contributed by atoms with Crippen LogP contribution in [0.1, 0.15) is 16.8 Å². The molecule has 0 saturated carbocycles. The first kappa shape index (κ1) is 16.6. The predicted octanol–water partition coefficient (Wildman–Crippen LogP) is 4.39. The number of benzene rings is 2. The Morgan fingerprint density at radius 1 is 1.04 bits per heavy atom. The molecule has 24 heavy (non-hydrogen) atoms.